The normalized spacial score (nSPS) is 24.2. The minimum atomic E-state index is -0.726. The minimum absolute atomic E-state index is 0.0841. The van der Waals surface area contributed by atoms with Crippen LogP contribution in [0.25, 0.3) is 0 Å². The molecule has 5 heteroatoms. The van der Waals surface area contributed by atoms with E-state index >= 15 is 0 Å². The minimum Gasteiger partial charge on any atom is -0.497 e. The van der Waals surface area contributed by atoms with Gasteiger partial charge in [0.15, 0.2) is 5.72 Å². The first-order valence-electron chi connectivity index (χ1n) is 8.46. The van der Waals surface area contributed by atoms with Crippen LogP contribution in [-0.4, -0.2) is 18.9 Å². The van der Waals surface area contributed by atoms with E-state index in [-0.39, 0.29) is 12.1 Å². The van der Waals surface area contributed by atoms with E-state index in [0.29, 0.717) is 6.42 Å². The second-order valence-corrected chi connectivity index (χ2v) is 6.99. The van der Waals surface area contributed by atoms with Crippen molar-refractivity contribution in [1.82, 2.24) is 5.32 Å². The van der Waals surface area contributed by atoms with Crippen LogP contribution in [0.3, 0.4) is 0 Å². The summed E-state index contributed by atoms with van der Waals surface area (Å²) in [5.41, 5.74) is 3.43. The number of ether oxygens (including phenoxy) is 2. The monoisotopic (exact) mass is 338 g/mol. The van der Waals surface area contributed by atoms with Gasteiger partial charge in [-0.15, -0.1) is 0 Å². The van der Waals surface area contributed by atoms with Crippen molar-refractivity contribution in [2.24, 2.45) is 0 Å². The van der Waals surface area contributed by atoms with Gasteiger partial charge >= 0.3 is 6.03 Å². The Morgan fingerprint density at radius 2 is 2.00 bits per heavy atom. The smallest absolute Gasteiger partial charge is 0.325 e. The molecule has 2 atom stereocenters. The molecule has 0 aliphatic carbocycles. The summed E-state index contributed by atoms with van der Waals surface area (Å²) in [7, 11) is 1.64. The lowest BCUT2D eigenvalue weighted by molar-refractivity contribution is 0.0377. The molecule has 0 spiro atoms. The predicted octanol–water partition coefficient (Wildman–Crippen LogP) is 4.08. The maximum atomic E-state index is 12.9. The molecule has 0 radical (unpaired) electrons. The molecule has 2 aliphatic heterocycles. The average Bonchev–Trinajstić information content (AvgIpc) is 2.57. The van der Waals surface area contributed by atoms with Crippen molar-refractivity contribution in [2.75, 3.05) is 12.0 Å². The molecule has 25 heavy (non-hydrogen) atoms. The molecule has 1 fully saturated rings. The Morgan fingerprint density at radius 1 is 1.20 bits per heavy atom. The van der Waals surface area contributed by atoms with Gasteiger partial charge in [-0.1, -0.05) is 6.07 Å². The van der Waals surface area contributed by atoms with Gasteiger partial charge in [0.1, 0.15) is 11.5 Å². The third kappa shape index (κ3) is 2.42. The lowest BCUT2D eigenvalue weighted by Crippen LogP contribution is -2.65. The lowest BCUT2D eigenvalue weighted by Gasteiger charge is -2.50. The predicted molar refractivity (Wildman–Crippen MR) is 96.3 cm³/mol. The molecule has 0 saturated carbocycles. The number of urea groups is 1. The second kappa shape index (κ2) is 5.41. The maximum absolute atomic E-state index is 12.9. The fourth-order valence-corrected chi connectivity index (χ4v) is 3.74. The largest absolute Gasteiger partial charge is 0.497 e. The number of fused-ring (bicyclic) bond motifs is 4. The number of carbonyl (C=O) groups excluding carboxylic acids is 1. The van der Waals surface area contributed by atoms with Crippen LogP contribution in [0.15, 0.2) is 36.4 Å². The summed E-state index contributed by atoms with van der Waals surface area (Å²) < 4.78 is 11.6. The zero-order valence-corrected chi connectivity index (χ0v) is 14.9. The number of aryl methyl sites for hydroxylation is 2. The Hall–Kier alpha value is -2.69. The Labute approximate surface area is 147 Å². The van der Waals surface area contributed by atoms with Crippen molar-refractivity contribution in [3.05, 3.63) is 53.1 Å². The highest BCUT2D eigenvalue weighted by Crippen LogP contribution is 2.46. The van der Waals surface area contributed by atoms with E-state index in [0.717, 1.165) is 28.3 Å². The van der Waals surface area contributed by atoms with Crippen LogP contribution in [0.1, 0.15) is 36.1 Å². The first kappa shape index (κ1) is 15.8. The molecule has 5 nitrogen and oxygen atoms in total. The Bertz CT molecular complexity index is 864. The second-order valence-electron chi connectivity index (χ2n) is 6.99. The van der Waals surface area contributed by atoms with Gasteiger partial charge in [0.05, 0.1) is 13.2 Å². The highest BCUT2D eigenvalue weighted by molar-refractivity contribution is 5.95. The van der Waals surface area contributed by atoms with Crippen LogP contribution in [0.2, 0.25) is 0 Å². The standard InChI is InChI=1S/C20H22N2O3/c1-12-5-6-14(9-13(12)2)22-19(23)21-17-11-20(22,3)25-18-8-7-15(24-4)10-16(17)18/h5-10,17H,11H2,1-4H3,(H,21,23). The summed E-state index contributed by atoms with van der Waals surface area (Å²) in [6, 6.07) is 11.5. The van der Waals surface area contributed by atoms with E-state index < -0.39 is 5.72 Å². The molecular weight excluding hydrogens is 316 g/mol. The molecule has 130 valence electrons. The molecule has 2 bridgehead atoms. The van der Waals surface area contributed by atoms with Gasteiger partial charge in [0.2, 0.25) is 0 Å². The first-order valence-corrected chi connectivity index (χ1v) is 8.46. The molecule has 2 aliphatic rings. The number of amides is 2. The van der Waals surface area contributed by atoms with Crippen molar-refractivity contribution in [1.29, 1.82) is 0 Å². The van der Waals surface area contributed by atoms with Crippen molar-refractivity contribution >= 4 is 11.7 Å². The van der Waals surface area contributed by atoms with E-state index in [9.17, 15) is 4.79 Å². The summed E-state index contributed by atoms with van der Waals surface area (Å²) in [4.78, 5) is 14.6. The summed E-state index contributed by atoms with van der Waals surface area (Å²) in [5.74, 6) is 1.55. The van der Waals surface area contributed by atoms with Crippen molar-refractivity contribution in [3.63, 3.8) is 0 Å². The number of nitrogens with zero attached hydrogens (tertiary/aromatic N) is 1. The lowest BCUT2D eigenvalue weighted by atomic mass is 9.90. The van der Waals surface area contributed by atoms with Gasteiger partial charge in [-0.2, -0.15) is 0 Å². The molecule has 2 unspecified atom stereocenters. The molecule has 2 amide bonds. The molecule has 0 aromatic heterocycles. The van der Waals surface area contributed by atoms with Crippen LogP contribution in [0, 0.1) is 13.8 Å². The van der Waals surface area contributed by atoms with Crippen LogP contribution in [0.5, 0.6) is 11.5 Å². The van der Waals surface area contributed by atoms with Gasteiger partial charge in [-0.05, 0) is 62.2 Å². The van der Waals surface area contributed by atoms with Gasteiger partial charge in [0.25, 0.3) is 0 Å². The molecular formula is C20H22N2O3. The summed E-state index contributed by atoms with van der Waals surface area (Å²) in [5, 5.41) is 3.11. The average molecular weight is 338 g/mol. The third-order valence-electron chi connectivity index (χ3n) is 5.23. The fraction of sp³-hybridized carbons (Fsp3) is 0.350. The van der Waals surface area contributed by atoms with Crippen LogP contribution >= 0.6 is 0 Å². The molecule has 1 saturated heterocycles. The highest BCUT2D eigenvalue weighted by Gasteiger charge is 2.49. The van der Waals surface area contributed by atoms with E-state index in [1.165, 1.54) is 5.56 Å². The van der Waals surface area contributed by atoms with Gasteiger partial charge < -0.3 is 14.8 Å². The molecule has 1 N–H and O–H groups in total. The highest BCUT2D eigenvalue weighted by atomic mass is 16.5. The Morgan fingerprint density at radius 3 is 2.72 bits per heavy atom. The third-order valence-corrected chi connectivity index (χ3v) is 5.23. The summed E-state index contributed by atoms with van der Waals surface area (Å²) in [6.07, 6.45) is 0.672. The number of carbonyl (C=O) groups is 1. The van der Waals surface area contributed by atoms with E-state index in [1.54, 1.807) is 12.0 Å². The number of rotatable bonds is 2. The topological polar surface area (TPSA) is 50.8 Å². The number of anilines is 1. The van der Waals surface area contributed by atoms with Gasteiger partial charge in [-0.3, -0.25) is 4.90 Å². The molecule has 2 heterocycles. The van der Waals surface area contributed by atoms with Crippen LogP contribution < -0.4 is 19.7 Å². The zero-order valence-electron chi connectivity index (χ0n) is 14.9. The quantitative estimate of drug-likeness (QED) is 0.897. The van der Waals surface area contributed by atoms with Crippen LogP contribution in [0.4, 0.5) is 10.5 Å². The van der Waals surface area contributed by atoms with E-state index in [1.807, 2.05) is 43.3 Å². The number of hydrogen-bond donors (Lipinski definition) is 1. The first-order chi connectivity index (χ1) is 11.9. The zero-order chi connectivity index (χ0) is 17.8. The van der Waals surface area contributed by atoms with Crippen LogP contribution in [-0.2, 0) is 0 Å². The number of nitrogens with one attached hydrogen (secondary N) is 1. The van der Waals surface area contributed by atoms with E-state index in [4.69, 9.17) is 9.47 Å². The fourth-order valence-electron chi connectivity index (χ4n) is 3.74. The number of hydrogen-bond acceptors (Lipinski definition) is 3. The number of methoxy groups -OCH3 is 1. The Balaban J connectivity index is 1.78. The Kier molecular flexibility index (Phi) is 3.42. The van der Waals surface area contributed by atoms with Gasteiger partial charge in [0, 0.05) is 17.7 Å². The van der Waals surface area contributed by atoms with Crippen molar-refractivity contribution in [3.8, 4) is 11.5 Å². The molecule has 2 aromatic rings. The summed E-state index contributed by atoms with van der Waals surface area (Å²) >= 11 is 0. The molecule has 4 rings (SSSR count). The van der Waals surface area contributed by atoms with Crippen molar-refractivity contribution < 1.29 is 14.3 Å². The maximum Gasteiger partial charge on any atom is 0.325 e. The summed E-state index contributed by atoms with van der Waals surface area (Å²) in [6.45, 7) is 6.09. The SMILES string of the molecule is COc1ccc2c(c1)C1CC(C)(O2)N(c2ccc(C)c(C)c2)C(=O)N1. The van der Waals surface area contributed by atoms with Crippen molar-refractivity contribution in [2.45, 2.75) is 39.0 Å². The van der Waals surface area contributed by atoms with Gasteiger partial charge in [-0.25, -0.2) is 4.79 Å². The molecule has 2 aromatic carbocycles. The van der Waals surface area contributed by atoms with E-state index in [2.05, 4.69) is 19.2 Å². The number of benzene rings is 2.